The number of hydrogen-bond donors (Lipinski definition) is 8. The van der Waals surface area contributed by atoms with Gasteiger partial charge in [-0.1, -0.05) is 76.9 Å². The Kier molecular flexibility index (Phi) is 26.5. The Morgan fingerprint density at radius 3 is 1.18 bits per heavy atom. The second-order valence-corrected chi connectivity index (χ2v) is 33.5. The molecule has 0 saturated heterocycles. The summed E-state index contributed by atoms with van der Waals surface area (Å²) in [6.45, 7) is 8.42. The molecule has 16 aromatic rings. The quantitative estimate of drug-likeness (QED) is 0.0351. The highest BCUT2D eigenvalue weighted by molar-refractivity contribution is 6.40. The highest BCUT2D eigenvalue weighted by Gasteiger charge is 2.40. The predicted octanol–water partition coefficient (Wildman–Crippen LogP) is 15.3. The van der Waals surface area contributed by atoms with Gasteiger partial charge in [-0.05, 0) is 169 Å². The smallest absolute Gasteiger partial charge is 0.267 e. The fourth-order valence-corrected chi connectivity index (χ4v) is 16.5. The van der Waals surface area contributed by atoms with E-state index in [2.05, 4.69) is 96.0 Å². The molecule has 36 nitrogen and oxygen atoms in total. The number of nitriles is 4. The Labute approximate surface area is 787 Å². The predicted molar refractivity (Wildman–Crippen MR) is 503 cm³/mol. The number of rotatable bonds is 20. The van der Waals surface area contributed by atoms with E-state index in [1.54, 1.807) is 120 Å². The van der Waals surface area contributed by atoms with Gasteiger partial charge in [0, 0.05) is 24.7 Å². The number of nitrogens with zero attached hydrogens (tertiary/aromatic N) is 24. The molecule has 135 heavy (non-hydrogen) atoms. The summed E-state index contributed by atoms with van der Waals surface area (Å²) in [5.74, 6) is 2.42. The highest BCUT2D eigenvalue weighted by atomic mass is 35.5. The lowest BCUT2D eigenvalue weighted by molar-refractivity contribution is 0.578. The third-order valence-corrected chi connectivity index (χ3v) is 23.5. The van der Waals surface area contributed by atoms with Crippen LogP contribution in [0, 0.1) is 108 Å². The first-order valence-electron chi connectivity index (χ1n) is 41.4. The van der Waals surface area contributed by atoms with Gasteiger partial charge in [-0.25, -0.2) is 73.0 Å². The van der Waals surface area contributed by atoms with Crippen LogP contribution < -0.4 is 66.4 Å². The summed E-state index contributed by atoms with van der Waals surface area (Å²) >= 11 is 31.6. The summed E-state index contributed by atoms with van der Waals surface area (Å²) in [6.07, 6.45) is 17.8. The number of nitrogen functional groups attached to an aromatic ring is 4. The average Bonchev–Trinajstić information content (AvgIpc) is 1.13. The molecule has 44 heteroatoms. The summed E-state index contributed by atoms with van der Waals surface area (Å²) < 4.78 is 49.3. The van der Waals surface area contributed by atoms with E-state index in [1.165, 1.54) is 73.4 Å². The summed E-state index contributed by atoms with van der Waals surface area (Å²) in [5, 5.41) is 52.6. The molecule has 12 aromatic heterocycles. The second kappa shape index (κ2) is 38.8. The van der Waals surface area contributed by atoms with Crippen molar-refractivity contribution in [2.24, 2.45) is 17.8 Å². The highest BCUT2D eigenvalue weighted by Crippen LogP contribution is 2.47. The van der Waals surface area contributed by atoms with E-state index >= 15 is 0 Å². The standard InChI is InChI=1S/C24H20ClFN8O.2C23H18ClFN8O.C21H16Cl2N8O/c1-12-30-21(28)15(10-27)22(31-12)32-18(9-13-4-5-13)23-33-20-17(26)7-6-16(25)19(20)24(35)34(23)14-3-2-8-29-11-14;1-11-29-20(27)14(9-26)21(30-11)31-18(12-4-5-12)22-32-19-16(25)7-6-15(24)17(19)23(34)33(22)13-3-2-8-28-10-13;1-11-29-20(27)15(8-26)21(30-11)32-19(12-5-6-12)22-31-17-4-2-3-16(24)18(17)23(34)33(22)14-7-13(25)9-28-10-14;1-10(27-19-13(8-24)18(25)28-11(2)29-19)20-30-17-15(23)6-5-14(22)16(17)21(32)31(20)12-4-3-7-26-9-12/h2-3,6-8,11,13,18H,4-5,9H2,1H3,(H3,28,30,31,32);2-3,6-8,10,12,18H,4-5H2,1H3,(H3,27,29,30,31);2-4,7,9-10,12,19H,5-6H2,1H3,(H3,27,29,30,32);3-7,9-10H,1-2H3,(H3,25,27,28,29)/t2*18-;19-;10-/m0000/s1. The molecule has 0 unspecified atom stereocenters. The maximum absolute atomic E-state index is 14.9. The second-order valence-electron chi connectivity index (χ2n) is 31.5. The van der Waals surface area contributed by atoms with Crippen molar-refractivity contribution in [2.75, 3.05) is 44.2 Å². The summed E-state index contributed by atoms with van der Waals surface area (Å²) in [7, 11) is 0. The molecular formula is C91H72Cl5F3N32O4. The van der Waals surface area contributed by atoms with Gasteiger partial charge in [0.15, 0.2) is 23.3 Å². The van der Waals surface area contributed by atoms with Crippen LogP contribution in [0.4, 0.5) is 59.7 Å². The van der Waals surface area contributed by atoms with Crippen LogP contribution >= 0.6 is 58.0 Å². The number of anilines is 8. The molecule has 4 atom stereocenters. The normalized spacial score (nSPS) is 13.5. The topological polar surface area (TPSA) is 542 Å². The molecular weight excluding hydrogens is 1840 g/mol. The Morgan fingerprint density at radius 1 is 0.393 bits per heavy atom. The summed E-state index contributed by atoms with van der Waals surface area (Å²) in [4.78, 5) is 123. The van der Waals surface area contributed by atoms with Gasteiger partial charge in [0.25, 0.3) is 22.2 Å². The maximum Gasteiger partial charge on any atom is 0.267 e. The molecule has 0 radical (unpaired) electrons. The fourth-order valence-electron chi connectivity index (χ4n) is 15.4. The number of halogens is 8. The van der Waals surface area contributed by atoms with Crippen LogP contribution in [-0.2, 0) is 0 Å². The minimum Gasteiger partial charge on any atom is -0.382 e. The zero-order valence-electron chi connectivity index (χ0n) is 71.5. The van der Waals surface area contributed by atoms with Crippen LogP contribution in [0.3, 0.4) is 0 Å². The zero-order chi connectivity index (χ0) is 95.6. The molecule has 3 aliphatic carbocycles. The number of pyridine rings is 4. The van der Waals surface area contributed by atoms with Crippen molar-refractivity contribution < 1.29 is 13.2 Å². The van der Waals surface area contributed by atoms with Crippen LogP contribution in [0.25, 0.3) is 66.4 Å². The molecule has 4 aromatic carbocycles. The minimum atomic E-state index is -0.662. The maximum atomic E-state index is 14.9. The third kappa shape index (κ3) is 19.1. The lowest BCUT2D eigenvalue weighted by Crippen LogP contribution is -2.30. The summed E-state index contributed by atoms with van der Waals surface area (Å²) in [5.41, 5.74) is 24.2. The number of benzene rings is 4. The van der Waals surface area contributed by atoms with Crippen LogP contribution in [-0.4, -0.2) is 98.0 Å². The monoisotopic (exact) mass is 1910 g/mol. The van der Waals surface area contributed by atoms with Crippen molar-refractivity contribution >= 4 is 148 Å². The van der Waals surface area contributed by atoms with E-state index in [-0.39, 0.29) is 161 Å². The fraction of sp³-hybridized carbons (Fsp3) is 0.209. The van der Waals surface area contributed by atoms with Gasteiger partial charge in [-0.15, -0.1) is 0 Å². The number of aryl methyl sites for hydroxylation is 4. The number of fused-ring (bicyclic) bond motifs is 4. The van der Waals surface area contributed by atoms with Gasteiger partial charge in [0.05, 0.1) is 136 Å². The van der Waals surface area contributed by atoms with Crippen molar-refractivity contribution in [3.63, 3.8) is 0 Å². The van der Waals surface area contributed by atoms with Crippen molar-refractivity contribution in [2.45, 2.75) is 104 Å². The molecule has 0 bridgehead atoms. The van der Waals surface area contributed by atoms with Crippen LogP contribution in [0.15, 0.2) is 166 Å². The van der Waals surface area contributed by atoms with Crippen molar-refractivity contribution in [3.05, 3.63) is 299 Å². The Balaban J connectivity index is 0.000000131. The van der Waals surface area contributed by atoms with E-state index in [4.69, 9.17) is 85.9 Å². The molecule has 676 valence electrons. The number of nitrogens with one attached hydrogen (secondary N) is 4. The lowest BCUT2D eigenvalue weighted by Gasteiger charge is -2.24. The third-order valence-electron chi connectivity index (χ3n) is 22.0. The van der Waals surface area contributed by atoms with Crippen LogP contribution in [0.5, 0.6) is 0 Å². The first kappa shape index (κ1) is 92.2. The minimum absolute atomic E-state index is 0.0238. The van der Waals surface area contributed by atoms with Crippen molar-refractivity contribution in [3.8, 4) is 47.0 Å². The van der Waals surface area contributed by atoms with Gasteiger partial charge in [-0.3, -0.25) is 57.4 Å². The Morgan fingerprint density at radius 2 is 0.756 bits per heavy atom. The molecule has 3 fully saturated rings. The van der Waals surface area contributed by atoms with E-state index in [1.807, 2.05) is 24.3 Å². The first-order valence-corrected chi connectivity index (χ1v) is 43.3. The van der Waals surface area contributed by atoms with Gasteiger partial charge < -0.3 is 44.2 Å². The van der Waals surface area contributed by atoms with E-state index in [0.29, 0.717) is 69.9 Å². The van der Waals surface area contributed by atoms with Crippen LogP contribution in [0.1, 0.15) is 145 Å². The first-order chi connectivity index (χ1) is 64.9. The van der Waals surface area contributed by atoms with Gasteiger partial charge in [-0.2, -0.15) is 21.0 Å². The van der Waals surface area contributed by atoms with Crippen LogP contribution in [0.2, 0.25) is 25.1 Å². The number of aromatic nitrogens is 20. The molecule has 0 spiro atoms. The molecule has 0 amide bonds. The van der Waals surface area contributed by atoms with E-state index in [0.717, 1.165) is 44.7 Å². The Bertz CT molecular complexity index is 7910. The molecule has 3 saturated carbocycles. The van der Waals surface area contributed by atoms with Gasteiger partial charge in [0.2, 0.25) is 0 Å². The number of nitrogens with two attached hydrogens (primary N) is 4. The molecule has 3 aliphatic rings. The average molecular weight is 1910 g/mol. The summed E-state index contributed by atoms with van der Waals surface area (Å²) in [6, 6.07) is 30.4. The van der Waals surface area contributed by atoms with E-state index < -0.39 is 63.9 Å². The van der Waals surface area contributed by atoms with Gasteiger partial charge in [0.1, 0.15) is 145 Å². The Hall–Kier alpha value is -16.0. The van der Waals surface area contributed by atoms with E-state index in [9.17, 15) is 53.4 Å². The van der Waals surface area contributed by atoms with Crippen molar-refractivity contribution in [1.82, 2.24) is 98.0 Å². The molecule has 19 rings (SSSR count). The number of hydrogen-bond acceptors (Lipinski definition) is 32. The molecule has 12 heterocycles. The largest absolute Gasteiger partial charge is 0.382 e. The lowest BCUT2D eigenvalue weighted by atomic mass is 10.1. The molecule has 0 aliphatic heterocycles. The SMILES string of the molecule is Cc1nc(N)c(C#N)c(N[C@@H](C)c2nc3c(Cl)ccc(Cl)c3c(=O)n2-c2cccnc2)n1.Cc1nc(N)c(C#N)c(N[C@@H](CC2CC2)c2nc3c(F)ccc(Cl)c3c(=O)n2-c2cccnc2)n1.Cc1nc(N)c(C#N)c(N[C@H](c2nc3c(F)ccc(Cl)c3c(=O)n2-c2cccnc2)C2CC2)n1.Cc1nc(N)c(C#N)c(N[C@H](c2nc3cccc(Cl)c3c(=O)n2-c2cncc(F)c2)C2CC2)n1. The van der Waals surface area contributed by atoms with Crippen molar-refractivity contribution in [1.29, 1.82) is 21.0 Å². The zero-order valence-corrected chi connectivity index (χ0v) is 75.3. The molecule has 12 N–H and O–H groups in total. The van der Waals surface area contributed by atoms with Gasteiger partial charge >= 0.3 is 0 Å².